The van der Waals surface area contributed by atoms with Crippen molar-refractivity contribution in [3.8, 4) is 0 Å². The van der Waals surface area contributed by atoms with Gasteiger partial charge in [-0.2, -0.15) is 0 Å². The Morgan fingerprint density at radius 3 is 2.58 bits per heavy atom. The lowest BCUT2D eigenvalue weighted by Gasteiger charge is -2.27. The van der Waals surface area contributed by atoms with Crippen LogP contribution in [0.5, 0.6) is 0 Å². The van der Waals surface area contributed by atoms with Crippen LogP contribution in [0.1, 0.15) is 32.8 Å². The first-order valence-corrected chi connectivity index (χ1v) is 6.53. The summed E-state index contributed by atoms with van der Waals surface area (Å²) in [6.07, 6.45) is 0.00242. The molecule has 1 atom stereocenters. The van der Waals surface area contributed by atoms with E-state index in [-0.39, 0.29) is 12.5 Å². The molecule has 0 radical (unpaired) electrons. The van der Waals surface area contributed by atoms with Gasteiger partial charge in [-0.3, -0.25) is 4.79 Å². The predicted octanol–water partition coefficient (Wildman–Crippen LogP) is 1.87. The maximum atomic E-state index is 11.9. The van der Waals surface area contributed by atoms with E-state index in [2.05, 4.69) is 5.32 Å². The van der Waals surface area contributed by atoms with Gasteiger partial charge in [-0.25, -0.2) is 0 Å². The second-order valence-electron chi connectivity index (χ2n) is 5.29. The molecule has 1 amide bonds. The molecule has 0 aliphatic carbocycles. The topological polar surface area (TPSA) is 58.6 Å². The highest BCUT2D eigenvalue weighted by molar-refractivity contribution is 5.81. The molecule has 0 bridgehead atoms. The highest BCUT2D eigenvalue weighted by atomic mass is 16.5. The number of aliphatic hydroxyl groups excluding tert-OH is 1. The zero-order valence-corrected chi connectivity index (χ0v) is 11.8. The third-order valence-corrected chi connectivity index (χ3v) is 2.91. The fourth-order valence-corrected chi connectivity index (χ4v) is 1.65. The number of aliphatic hydroxyl groups is 1. The Bertz CT molecular complexity index is 390. The van der Waals surface area contributed by atoms with E-state index in [1.165, 1.54) is 0 Å². The second kappa shape index (κ2) is 7.26. The Balaban J connectivity index is 2.41. The molecule has 1 unspecified atom stereocenters. The minimum absolute atomic E-state index is 0.0481. The van der Waals surface area contributed by atoms with Crippen LogP contribution in [-0.2, 0) is 16.1 Å². The summed E-state index contributed by atoms with van der Waals surface area (Å²) in [7, 11) is 0. The van der Waals surface area contributed by atoms with E-state index in [0.29, 0.717) is 13.0 Å². The first-order chi connectivity index (χ1) is 8.94. The molecule has 1 rings (SSSR count). The first kappa shape index (κ1) is 15.7. The van der Waals surface area contributed by atoms with Gasteiger partial charge in [0, 0.05) is 12.1 Å². The molecule has 0 spiro atoms. The van der Waals surface area contributed by atoms with Crippen LogP contribution in [0.2, 0.25) is 0 Å². The molecule has 2 N–H and O–H groups in total. The minimum Gasteiger partial charge on any atom is -0.396 e. The number of amides is 1. The lowest BCUT2D eigenvalue weighted by molar-refractivity contribution is -0.134. The fourth-order valence-electron chi connectivity index (χ4n) is 1.65. The Morgan fingerprint density at radius 2 is 2.00 bits per heavy atom. The first-order valence-electron chi connectivity index (χ1n) is 6.53. The molecule has 4 heteroatoms. The quantitative estimate of drug-likeness (QED) is 0.791. The molecule has 0 aromatic heterocycles. The monoisotopic (exact) mass is 265 g/mol. The largest absolute Gasteiger partial charge is 0.396 e. The maximum Gasteiger partial charge on any atom is 0.249 e. The van der Waals surface area contributed by atoms with Gasteiger partial charge in [0.1, 0.15) is 6.10 Å². The molecule has 0 aliphatic heterocycles. The molecule has 0 fully saturated rings. The molecule has 19 heavy (non-hydrogen) atoms. The van der Waals surface area contributed by atoms with Crippen molar-refractivity contribution < 1.29 is 14.6 Å². The smallest absolute Gasteiger partial charge is 0.249 e. The number of nitrogens with one attached hydrogen (secondary N) is 1. The molecular weight excluding hydrogens is 242 g/mol. The van der Waals surface area contributed by atoms with Gasteiger partial charge in [0.2, 0.25) is 5.91 Å². The number of benzene rings is 1. The molecule has 4 nitrogen and oxygen atoms in total. The van der Waals surface area contributed by atoms with Gasteiger partial charge < -0.3 is 15.2 Å². The molecule has 0 saturated carbocycles. The van der Waals surface area contributed by atoms with Crippen molar-refractivity contribution in [2.24, 2.45) is 0 Å². The highest BCUT2D eigenvalue weighted by Crippen LogP contribution is 2.09. The van der Waals surface area contributed by atoms with E-state index in [0.717, 1.165) is 5.56 Å². The van der Waals surface area contributed by atoms with Gasteiger partial charge in [0.25, 0.3) is 0 Å². The second-order valence-corrected chi connectivity index (χ2v) is 5.29. The highest BCUT2D eigenvalue weighted by Gasteiger charge is 2.23. The number of carbonyl (C=O) groups excluding carboxylic acids is 1. The molecule has 0 aliphatic rings. The lowest BCUT2D eigenvalue weighted by atomic mass is 10.0. The number of hydrogen-bond donors (Lipinski definition) is 2. The number of rotatable bonds is 7. The summed E-state index contributed by atoms with van der Waals surface area (Å²) >= 11 is 0. The molecule has 1 aromatic rings. The Labute approximate surface area is 114 Å². The van der Waals surface area contributed by atoms with E-state index < -0.39 is 11.6 Å². The Hall–Kier alpha value is -1.39. The normalized spacial score (nSPS) is 13.1. The molecule has 0 heterocycles. The minimum atomic E-state index is -0.516. The van der Waals surface area contributed by atoms with Gasteiger partial charge in [-0.15, -0.1) is 0 Å². The van der Waals surface area contributed by atoms with E-state index in [9.17, 15) is 4.79 Å². The fraction of sp³-hybridized carbons (Fsp3) is 0.533. The van der Waals surface area contributed by atoms with E-state index in [1.807, 2.05) is 44.2 Å². The van der Waals surface area contributed by atoms with Crippen LogP contribution in [0.4, 0.5) is 0 Å². The van der Waals surface area contributed by atoms with Gasteiger partial charge in [-0.05, 0) is 32.8 Å². The summed E-state index contributed by atoms with van der Waals surface area (Å²) in [5.74, 6) is -0.158. The van der Waals surface area contributed by atoms with Crippen LogP contribution in [0.3, 0.4) is 0 Å². The van der Waals surface area contributed by atoms with Crippen LogP contribution >= 0.6 is 0 Å². The van der Waals surface area contributed by atoms with Gasteiger partial charge in [0.05, 0.1) is 6.61 Å². The van der Waals surface area contributed by atoms with Crippen molar-refractivity contribution in [3.05, 3.63) is 35.9 Å². The third-order valence-electron chi connectivity index (χ3n) is 2.91. The molecule has 1 aromatic carbocycles. The van der Waals surface area contributed by atoms with Crippen molar-refractivity contribution in [3.63, 3.8) is 0 Å². The number of ether oxygens (including phenoxy) is 1. The van der Waals surface area contributed by atoms with Crippen molar-refractivity contribution in [2.45, 2.75) is 45.4 Å². The van der Waals surface area contributed by atoms with Crippen LogP contribution in [0.15, 0.2) is 30.3 Å². The van der Waals surface area contributed by atoms with Crippen LogP contribution < -0.4 is 5.32 Å². The summed E-state index contributed by atoms with van der Waals surface area (Å²) in [6.45, 7) is 5.95. The van der Waals surface area contributed by atoms with Crippen molar-refractivity contribution in [2.75, 3.05) is 6.61 Å². The molecule has 0 saturated heterocycles. The van der Waals surface area contributed by atoms with Gasteiger partial charge in [0.15, 0.2) is 0 Å². The summed E-state index contributed by atoms with van der Waals surface area (Å²) in [5.41, 5.74) is 0.618. The predicted molar refractivity (Wildman–Crippen MR) is 74.6 cm³/mol. The summed E-state index contributed by atoms with van der Waals surface area (Å²) in [5, 5.41) is 11.8. The van der Waals surface area contributed by atoms with Crippen molar-refractivity contribution in [1.82, 2.24) is 5.32 Å². The maximum absolute atomic E-state index is 11.9. The zero-order chi connectivity index (χ0) is 14.3. The average Bonchev–Trinajstić information content (AvgIpc) is 2.36. The summed E-state index contributed by atoms with van der Waals surface area (Å²) < 4.78 is 5.54. The van der Waals surface area contributed by atoms with Gasteiger partial charge >= 0.3 is 0 Å². The number of hydrogen-bond acceptors (Lipinski definition) is 3. The average molecular weight is 265 g/mol. The van der Waals surface area contributed by atoms with Gasteiger partial charge in [-0.1, -0.05) is 30.3 Å². The van der Waals surface area contributed by atoms with Crippen LogP contribution in [0.25, 0.3) is 0 Å². The third kappa shape index (κ3) is 5.85. The SMILES string of the molecule is CC(OCc1ccccc1)C(=O)NC(C)(C)CCO. The Morgan fingerprint density at radius 1 is 1.37 bits per heavy atom. The van der Waals surface area contributed by atoms with E-state index in [4.69, 9.17) is 9.84 Å². The lowest BCUT2D eigenvalue weighted by Crippen LogP contribution is -2.48. The molecular formula is C15H23NO3. The van der Waals surface area contributed by atoms with E-state index >= 15 is 0 Å². The molecule has 106 valence electrons. The van der Waals surface area contributed by atoms with Crippen LogP contribution in [-0.4, -0.2) is 29.3 Å². The van der Waals surface area contributed by atoms with Crippen molar-refractivity contribution >= 4 is 5.91 Å². The van der Waals surface area contributed by atoms with E-state index in [1.54, 1.807) is 6.92 Å². The number of carbonyl (C=O) groups is 1. The summed E-state index contributed by atoms with van der Waals surface area (Å²) in [4.78, 5) is 11.9. The van der Waals surface area contributed by atoms with Crippen LogP contribution in [0, 0.1) is 0 Å². The Kier molecular flexibility index (Phi) is 5.99. The summed E-state index contributed by atoms with van der Waals surface area (Å²) in [6, 6.07) is 9.74. The van der Waals surface area contributed by atoms with Crippen molar-refractivity contribution in [1.29, 1.82) is 0 Å². The standard InChI is InChI=1S/C15H23NO3/c1-12(14(18)16-15(2,3)9-10-17)19-11-13-7-5-4-6-8-13/h4-8,12,17H,9-11H2,1-3H3,(H,16,18). The zero-order valence-electron chi connectivity index (χ0n) is 11.8.